The summed E-state index contributed by atoms with van der Waals surface area (Å²) >= 11 is 0. The lowest BCUT2D eigenvalue weighted by molar-refractivity contribution is -0.161. The largest absolute Gasteiger partial charge is 0.472 e. The number of phosphoric acid groups is 2. The molecule has 0 rings (SSSR count). The Morgan fingerprint density at radius 1 is 0.270 bits per heavy atom. The highest BCUT2D eigenvalue weighted by Gasteiger charge is 2.30. The second kappa shape index (κ2) is 72.6. The quantitative estimate of drug-likeness (QED) is 0.0222. The molecule has 0 aliphatic heterocycles. The Kier molecular flexibility index (Phi) is 71.2. The van der Waals surface area contributed by atoms with E-state index in [0.29, 0.717) is 25.7 Å². The number of phosphoric ester groups is 2. The summed E-state index contributed by atoms with van der Waals surface area (Å²) in [6, 6.07) is 0. The normalized spacial score (nSPS) is 13.9. The molecule has 0 saturated carbocycles. The molecule has 0 spiro atoms. The van der Waals surface area contributed by atoms with E-state index in [0.717, 1.165) is 102 Å². The summed E-state index contributed by atoms with van der Waals surface area (Å²) < 4.78 is 68.7. The summed E-state index contributed by atoms with van der Waals surface area (Å²) in [6.45, 7) is 9.66. The molecule has 594 valence electrons. The van der Waals surface area contributed by atoms with Crippen LogP contribution in [0.3, 0.4) is 0 Å². The Morgan fingerprint density at radius 2 is 0.460 bits per heavy atom. The minimum absolute atomic E-state index is 0.107. The van der Waals surface area contributed by atoms with Crippen LogP contribution >= 0.6 is 15.6 Å². The molecule has 0 fully saturated rings. The molecular weight excluding hydrogens is 1310 g/mol. The minimum atomic E-state index is -4.96. The zero-order chi connectivity index (χ0) is 73.5. The van der Waals surface area contributed by atoms with E-state index in [1.807, 2.05) is 0 Å². The summed E-state index contributed by atoms with van der Waals surface area (Å²) in [5.74, 6) is -0.542. The first kappa shape index (κ1) is 98.1. The SMILES string of the molecule is CCCCCCCCCCCCCCCCCCCCC(=O)O[C@H](COC(=O)CCCCCCCCCCCCCCCCC(C)C)COP(=O)(O)OC[C@@H](O)COP(=O)(O)OC[C@@H](COC(=O)CCCCCCCCCCCCC)OC(=O)CCCCCCCCCCCCCC(C)C. The van der Waals surface area contributed by atoms with Crippen molar-refractivity contribution in [3.05, 3.63) is 0 Å². The van der Waals surface area contributed by atoms with Gasteiger partial charge in [0.2, 0.25) is 0 Å². The molecule has 19 heteroatoms. The molecule has 0 aromatic carbocycles. The van der Waals surface area contributed by atoms with Gasteiger partial charge in [-0.15, -0.1) is 0 Å². The number of unbranched alkanes of at least 4 members (excludes halogenated alkanes) is 50. The van der Waals surface area contributed by atoms with Crippen LogP contribution in [0.2, 0.25) is 0 Å². The topological polar surface area (TPSA) is 237 Å². The van der Waals surface area contributed by atoms with Gasteiger partial charge in [-0.2, -0.15) is 0 Å². The second-order valence-electron chi connectivity index (χ2n) is 30.1. The number of aliphatic hydroxyl groups excluding tert-OH is 1. The molecule has 0 heterocycles. The van der Waals surface area contributed by atoms with Gasteiger partial charge in [0.05, 0.1) is 26.4 Å². The fraction of sp³-hybridized carbons (Fsp3) is 0.951. The summed E-state index contributed by atoms with van der Waals surface area (Å²) in [4.78, 5) is 73.0. The molecule has 0 aromatic heterocycles. The first-order valence-corrected chi connectivity index (χ1v) is 45.0. The maximum atomic E-state index is 13.1. The van der Waals surface area contributed by atoms with Crippen LogP contribution < -0.4 is 0 Å². The number of hydrogen-bond donors (Lipinski definition) is 3. The Morgan fingerprint density at radius 3 is 0.680 bits per heavy atom. The smallest absolute Gasteiger partial charge is 0.462 e. The predicted octanol–water partition coefficient (Wildman–Crippen LogP) is 24.3. The number of esters is 4. The van der Waals surface area contributed by atoms with Crippen LogP contribution in [0, 0.1) is 11.8 Å². The van der Waals surface area contributed by atoms with Gasteiger partial charge in [0.25, 0.3) is 0 Å². The van der Waals surface area contributed by atoms with Crippen LogP contribution in [-0.2, 0) is 65.4 Å². The van der Waals surface area contributed by atoms with Crippen molar-refractivity contribution in [2.75, 3.05) is 39.6 Å². The van der Waals surface area contributed by atoms with E-state index in [2.05, 4.69) is 41.5 Å². The summed E-state index contributed by atoms with van der Waals surface area (Å²) in [7, 11) is -9.92. The lowest BCUT2D eigenvalue weighted by atomic mass is 10.0. The van der Waals surface area contributed by atoms with Gasteiger partial charge >= 0.3 is 39.5 Å². The van der Waals surface area contributed by atoms with Gasteiger partial charge in [0, 0.05) is 25.7 Å². The Hall–Kier alpha value is -1.94. The fourth-order valence-electron chi connectivity index (χ4n) is 12.5. The molecule has 0 aromatic rings. The standard InChI is InChI=1S/C81H158O17P2/c1-7-9-11-13-15-17-19-20-21-22-23-24-29-35-41-47-53-59-65-80(85)97-77(70-92-79(84)64-58-52-46-40-34-28-26-25-27-32-37-43-49-55-61-73(3)4)72-96-100(89,90)94-68-75(82)67-93-99(87,88)95-71-76(69-91-78(83)63-57-51-45-39-31-18-16-14-12-10-8-2)98-81(86)66-60-54-48-42-36-30-33-38-44-50-56-62-74(5)6/h73-77,82H,7-72H2,1-6H3,(H,87,88)(H,89,90)/t75-,76+,77+/m0/s1. The third-order valence-electron chi connectivity index (χ3n) is 19.0. The highest BCUT2D eigenvalue weighted by atomic mass is 31.2. The van der Waals surface area contributed by atoms with Crippen molar-refractivity contribution >= 4 is 39.5 Å². The molecule has 0 aliphatic carbocycles. The van der Waals surface area contributed by atoms with E-state index in [4.69, 9.17) is 37.0 Å². The van der Waals surface area contributed by atoms with Crippen molar-refractivity contribution in [2.45, 2.75) is 445 Å². The van der Waals surface area contributed by atoms with Crippen LogP contribution in [0.4, 0.5) is 0 Å². The average Bonchev–Trinajstić information content (AvgIpc) is 0.992. The van der Waals surface area contributed by atoms with Crippen LogP contribution in [0.25, 0.3) is 0 Å². The Balaban J connectivity index is 5.25. The molecule has 0 saturated heterocycles. The summed E-state index contributed by atoms with van der Waals surface area (Å²) in [6.07, 6.45) is 62.3. The van der Waals surface area contributed by atoms with Gasteiger partial charge in [-0.05, 0) is 37.5 Å². The van der Waals surface area contributed by atoms with E-state index >= 15 is 0 Å². The molecule has 0 aliphatic rings. The fourth-order valence-corrected chi connectivity index (χ4v) is 14.1. The zero-order valence-corrected chi connectivity index (χ0v) is 67.3. The summed E-state index contributed by atoms with van der Waals surface area (Å²) in [5.41, 5.74) is 0. The van der Waals surface area contributed by atoms with Gasteiger partial charge in [0.1, 0.15) is 19.3 Å². The van der Waals surface area contributed by atoms with Crippen molar-refractivity contribution in [1.82, 2.24) is 0 Å². The number of ether oxygens (including phenoxy) is 4. The predicted molar refractivity (Wildman–Crippen MR) is 409 cm³/mol. The third-order valence-corrected chi connectivity index (χ3v) is 20.9. The first-order valence-electron chi connectivity index (χ1n) is 42.0. The number of carbonyl (C=O) groups excluding carboxylic acids is 4. The van der Waals surface area contributed by atoms with Crippen LogP contribution in [0.1, 0.15) is 427 Å². The van der Waals surface area contributed by atoms with Gasteiger partial charge in [-0.3, -0.25) is 37.3 Å². The molecule has 2 unspecified atom stereocenters. The van der Waals surface area contributed by atoms with E-state index in [-0.39, 0.29) is 25.7 Å². The number of rotatable bonds is 80. The molecule has 0 bridgehead atoms. The first-order chi connectivity index (χ1) is 48.4. The number of carbonyl (C=O) groups is 4. The maximum Gasteiger partial charge on any atom is 0.472 e. The van der Waals surface area contributed by atoms with Crippen LogP contribution in [0.5, 0.6) is 0 Å². The number of aliphatic hydroxyl groups is 1. The van der Waals surface area contributed by atoms with Gasteiger partial charge in [-0.25, -0.2) is 9.13 Å². The third kappa shape index (κ3) is 74.3. The highest BCUT2D eigenvalue weighted by molar-refractivity contribution is 7.47. The summed E-state index contributed by atoms with van der Waals surface area (Å²) in [5, 5.41) is 10.6. The maximum absolute atomic E-state index is 13.1. The molecule has 0 radical (unpaired) electrons. The van der Waals surface area contributed by atoms with Gasteiger partial charge in [0.15, 0.2) is 12.2 Å². The van der Waals surface area contributed by atoms with Crippen molar-refractivity contribution < 1.29 is 80.2 Å². The van der Waals surface area contributed by atoms with E-state index in [1.54, 1.807) is 0 Å². The van der Waals surface area contributed by atoms with Gasteiger partial charge in [-0.1, -0.05) is 375 Å². The zero-order valence-electron chi connectivity index (χ0n) is 65.5. The molecule has 0 amide bonds. The van der Waals surface area contributed by atoms with Crippen molar-refractivity contribution in [3.8, 4) is 0 Å². The molecule has 17 nitrogen and oxygen atoms in total. The lowest BCUT2D eigenvalue weighted by Crippen LogP contribution is -2.30. The van der Waals surface area contributed by atoms with Gasteiger partial charge < -0.3 is 33.8 Å². The van der Waals surface area contributed by atoms with Crippen LogP contribution in [-0.4, -0.2) is 96.7 Å². The Labute approximate surface area is 613 Å². The van der Waals surface area contributed by atoms with E-state index in [1.165, 1.54) is 244 Å². The monoisotopic (exact) mass is 1470 g/mol. The van der Waals surface area contributed by atoms with Crippen LogP contribution in [0.15, 0.2) is 0 Å². The van der Waals surface area contributed by atoms with Crippen molar-refractivity contribution in [2.24, 2.45) is 11.8 Å². The molecule has 5 atom stereocenters. The van der Waals surface area contributed by atoms with Crippen molar-refractivity contribution in [1.29, 1.82) is 0 Å². The second-order valence-corrected chi connectivity index (χ2v) is 33.0. The molecule has 3 N–H and O–H groups in total. The molecular formula is C81H158O17P2. The molecule has 100 heavy (non-hydrogen) atoms. The average molecular weight is 1470 g/mol. The lowest BCUT2D eigenvalue weighted by Gasteiger charge is -2.21. The van der Waals surface area contributed by atoms with Crippen molar-refractivity contribution in [3.63, 3.8) is 0 Å². The highest BCUT2D eigenvalue weighted by Crippen LogP contribution is 2.45. The number of hydrogen-bond acceptors (Lipinski definition) is 15. The Bertz CT molecular complexity index is 1920. The van der Waals surface area contributed by atoms with E-state index < -0.39 is 97.5 Å². The van der Waals surface area contributed by atoms with E-state index in [9.17, 15) is 43.2 Å². The minimum Gasteiger partial charge on any atom is -0.462 e.